The molecule has 1 aromatic carbocycles. The van der Waals surface area contributed by atoms with Crippen LogP contribution in [0.4, 0.5) is 0 Å². The summed E-state index contributed by atoms with van der Waals surface area (Å²) in [5.41, 5.74) is 0.0157. The van der Waals surface area contributed by atoms with Gasteiger partial charge in [-0.25, -0.2) is 4.98 Å². The summed E-state index contributed by atoms with van der Waals surface area (Å²) >= 11 is 1.41. The van der Waals surface area contributed by atoms with Crippen molar-refractivity contribution in [2.24, 2.45) is 17.3 Å². The van der Waals surface area contributed by atoms with Crippen molar-refractivity contribution in [2.75, 3.05) is 18.8 Å². The summed E-state index contributed by atoms with van der Waals surface area (Å²) in [5.74, 6) is -3.52. The van der Waals surface area contributed by atoms with Crippen molar-refractivity contribution in [3.05, 3.63) is 60.2 Å². The van der Waals surface area contributed by atoms with Crippen LogP contribution in [0.25, 0.3) is 0 Å². The van der Waals surface area contributed by atoms with Gasteiger partial charge in [-0.15, -0.1) is 11.8 Å². The number of benzene rings is 1. The number of nitrogens with zero attached hydrogens (tertiary/aromatic N) is 4. The number of carbonyl (C=O) groups is 7. The first-order valence-corrected chi connectivity index (χ1v) is 22.4. The molecule has 2 aromatic rings. The lowest BCUT2D eigenvalue weighted by Crippen LogP contribution is -2.62. The maximum absolute atomic E-state index is 15.1. The highest BCUT2D eigenvalue weighted by atomic mass is 32.2. The molecule has 2 saturated heterocycles. The summed E-state index contributed by atoms with van der Waals surface area (Å²) in [4.78, 5) is 109. The van der Waals surface area contributed by atoms with Crippen LogP contribution in [-0.4, -0.2) is 109 Å². The Balaban J connectivity index is 1.27. The van der Waals surface area contributed by atoms with Gasteiger partial charge < -0.3 is 31.1 Å². The van der Waals surface area contributed by atoms with E-state index in [0.717, 1.165) is 37.7 Å². The Hall–Kier alpha value is -4.86. The van der Waals surface area contributed by atoms with Crippen molar-refractivity contribution in [3.63, 3.8) is 0 Å². The standard InChI is InChI=1S/C44H60N8O7S/c1-6-13-31(36(54)41(58)47-27(2)29-14-9-7-10-15-29)48-39(56)33-22-44(52(24-28-18-19-28)34(53)25-60-44)26-51(33)42(59)37(43(3,4)5)50-40(57)35(30-16-11-8-12-17-30)49-38(55)32-23-45-20-21-46-32/h7,9-10,14-15,20-21,23,27-28,30-31,33,35,37H,6,8,11-13,16-19,22,24-26H2,1-5H3,(H,47,58)(H,48,56)(H,49,55)(H,50,57)/t27-,31?,33-,35-,37+,44?/m0/s1. The van der Waals surface area contributed by atoms with E-state index >= 15 is 4.79 Å². The molecule has 0 bridgehead atoms. The van der Waals surface area contributed by atoms with Gasteiger partial charge in [0.1, 0.15) is 28.7 Å². The molecule has 60 heavy (non-hydrogen) atoms. The van der Waals surface area contributed by atoms with Crippen LogP contribution in [0.5, 0.6) is 0 Å². The zero-order valence-corrected chi connectivity index (χ0v) is 36.2. The van der Waals surface area contributed by atoms with Gasteiger partial charge in [0.2, 0.25) is 29.4 Å². The normalized spacial score (nSPS) is 22.8. The molecule has 0 radical (unpaired) electrons. The summed E-state index contributed by atoms with van der Waals surface area (Å²) in [5, 5.41) is 11.5. The molecule has 6 amide bonds. The summed E-state index contributed by atoms with van der Waals surface area (Å²) in [6, 6.07) is 4.38. The van der Waals surface area contributed by atoms with Crippen molar-refractivity contribution < 1.29 is 33.6 Å². The number of thioether (sulfide) groups is 1. The van der Waals surface area contributed by atoms with Crippen LogP contribution >= 0.6 is 11.8 Å². The molecule has 16 heteroatoms. The lowest BCUT2D eigenvalue weighted by atomic mass is 9.82. The van der Waals surface area contributed by atoms with E-state index in [-0.39, 0.29) is 42.7 Å². The van der Waals surface area contributed by atoms with Crippen LogP contribution in [0.1, 0.15) is 121 Å². The molecule has 2 aliphatic carbocycles. The third-order valence-corrected chi connectivity index (χ3v) is 13.7. The van der Waals surface area contributed by atoms with Gasteiger partial charge in [-0.2, -0.15) is 0 Å². The topological polar surface area (TPSA) is 200 Å². The first-order valence-electron chi connectivity index (χ1n) is 21.4. The zero-order chi connectivity index (χ0) is 43.2. The van der Waals surface area contributed by atoms with Gasteiger partial charge in [0, 0.05) is 25.4 Å². The highest BCUT2D eigenvalue weighted by Gasteiger charge is 2.58. The molecule has 15 nitrogen and oxygen atoms in total. The van der Waals surface area contributed by atoms with E-state index in [9.17, 15) is 28.8 Å². The summed E-state index contributed by atoms with van der Waals surface area (Å²) in [7, 11) is 0. The van der Waals surface area contributed by atoms with Crippen LogP contribution in [0.3, 0.4) is 0 Å². The maximum Gasteiger partial charge on any atom is 0.290 e. The molecule has 1 spiro atoms. The van der Waals surface area contributed by atoms with Crippen LogP contribution in [0.2, 0.25) is 0 Å². The predicted molar refractivity (Wildman–Crippen MR) is 226 cm³/mol. The summed E-state index contributed by atoms with van der Waals surface area (Å²) in [6.07, 6.45) is 11.2. The molecule has 2 saturated carbocycles. The van der Waals surface area contributed by atoms with Gasteiger partial charge in [-0.3, -0.25) is 38.5 Å². The molecule has 1 aromatic heterocycles. The number of Topliss-reactive ketones (excluding diaryl/α,β-unsaturated/α-hetero) is 1. The van der Waals surface area contributed by atoms with Gasteiger partial charge in [0.25, 0.3) is 11.8 Å². The Morgan fingerprint density at radius 2 is 1.65 bits per heavy atom. The average Bonchev–Trinajstić information content (AvgIpc) is 3.92. The van der Waals surface area contributed by atoms with Crippen molar-refractivity contribution >= 4 is 53.0 Å². The number of hydrogen-bond donors (Lipinski definition) is 4. The second-order valence-corrected chi connectivity index (χ2v) is 19.3. The number of hydrogen-bond acceptors (Lipinski definition) is 10. The lowest BCUT2D eigenvalue weighted by molar-refractivity contribution is -0.145. The Labute approximate surface area is 356 Å². The number of carbonyl (C=O) groups excluding carboxylic acids is 7. The highest BCUT2D eigenvalue weighted by Crippen LogP contribution is 2.48. The fourth-order valence-corrected chi connectivity index (χ4v) is 10.0. The van der Waals surface area contributed by atoms with E-state index in [1.54, 1.807) is 6.92 Å². The number of ketones is 1. The van der Waals surface area contributed by atoms with E-state index in [4.69, 9.17) is 0 Å². The van der Waals surface area contributed by atoms with Gasteiger partial charge in [-0.05, 0) is 61.8 Å². The van der Waals surface area contributed by atoms with Crippen molar-refractivity contribution in [1.29, 1.82) is 0 Å². The molecule has 4 N–H and O–H groups in total. The van der Waals surface area contributed by atoms with Crippen LogP contribution in [0.15, 0.2) is 48.9 Å². The monoisotopic (exact) mass is 844 g/mol. The minimum atomic E-state index is -1.16. The molecule has 324 valence electrons. The predicted octanol–water partition coefficient (Wildman–Crippen LogP) is 3.70. The molecular formula is C44H60N8O7S. The van der Waals surface area contributed by atoms with Crippen molar-refractivity contribution in [2.45, 2.75) is 134 Å². The van der Waals surface area contributed by atoms with Gasteiger partial charge in [0.15, 0.2) is 0 Å². The van der Waals surface area contributed by atoms with Crippen molar-refractivity contribution in [3.8, 4) is 0 Å². The fraction of sp³-hybridized carbons (Fsp3) is 0.614. The van der Waals surface area contributed by atoms with E-state index in [2.05, 4.69) is 31.2 Å². The van der Waals surface area contributed by atoms with E-state index in [1.807, 2.05) is 62.9 Å². The van der Waals surface area contributed by atoms with E-state index in [1.165, 1.54) is 35.3 Å². The molecule has 3 heterocycles. The number of likely N-dealkylation sites (tertiary alicyclic amines) is 1. The number of aromatic nitrogens is 2. The van der Waals surface area contributed by atoms with E-state index in [0.29, 0.717) is 31.7 Å². The smallest absolute Gasteiger partial charge is 0.290 e. The Morgan fingerprint density at radius 1 is 0.933 bits per heavy atom. The molecule has 2 aliphatic heterocycles. The minimum absolute atomic E-state index is 0.0342. The molecule has 4 aliphatic rings. The molecule has 6 rings (SSSR count). The highest BCUT2D eigenvalue weighted by molar-refractivity contribution is 8.01. The van der Waals surface area contributed by atoms with Crippen molar-refractivity contribution in [1.82, 2.24) is 41.0 Å². The Bertz CT molecular complexity index is 1900. The number of rotatable bonds is 16. The van der Waals surface area contributed by atoms with Gasteiger partial charge in [0.05, 0.1) is 30.6 Å². The van der Waals surface area contributed by atoms with Gasteiger partial charge in [-0.1, -0.05) is 83.7 Å². The third kappa shape index (κ3) is 10.5. The molecule has 4 fully saturated rings. The van der Waals surface area contributed by atoms with Crippen LogP contribution in [0, 0.1) is 17.3 Å². The molecule has 6 atom stereocenters. The Kier molecular flexibility index (Phi) is 14.3. The number of amides is 6. The average molecular weight is 845 g/mol. The molecule has 2 unspecified atom stereocenters. The lowest BCUT2D eigenvalue weighted by Gasteiger charge is -2.38. The second kappa shape index (κ2) is 19.2. The van der Waals surface area contributed by atoms with Crippen LogP contribution in [-0.2, 0) is 28.8 Å². The minimum Gasteiger partial charge on any atom is -0.344 e. The number of nitrogens with one attached hydrogen (secondary N) is 4. The maximum atomic E-state index is 15.1. The summed E-state index contributed by atoms with van der Waals surface area (Å²) < 4.78 is 0. The fourth-order valence-electron chi connectivity index (χ4n) is 8.64. The summed E-state index contributed by atoms with van der Waals surface area (Å²) in [6.45, 7) is 9.64. The van der Waals surface area contributed by atoms with Gasteiger partial charge >= 0.3 is 0 Å². The quantitative estimate of drug-likeness (QED) is 0.181. The molecular weight excluding hydrogens is 785 g/mol. The first-order chi connectivity index (χ1) is 28.6. The zero-order valence-electron chi connectivity index (χ0n) is 35.4. The second-order valence-electron chi connectivity index (χ2n) is 17.9. The SMILES string of the molecule is CCCC(NC(=O)[C@@H]1CC2(CN1C(=O)[C@@H](NC(=O)[C@@H](NC(=O)c1cnccn1)C1CCCCC1)C(C)(C)C)SCC(=O)N2CC1CC1)C(=O)C(=O)N[C@@H](C)c1ccccc1. The van der Waals surface area contributed by atoms with E-state index < -0.39 is 75.8 Å². The first kappa shape index (κ1) is 44.7. The largest absolute Gasteiger partial charge is 0.344 e. The Morgan fingerprint density at radius 3 is 2.28 bits per heavy atom. The third-order valence-electron chi connectivity index (χ3n) is 12.3. The van der Waals surface area contributed by atoms with Crippen LogP contribution < -0.4 is 21.3 Å².